The van der Waals surface area contributed by atoms with Gasteiger partial charge in [-0.3, -0.25) is 9.69 Å². The Labute approximate surface area is 125 Å². The molecule has 1 aromatic heterocycles. The lowest BCUT2D eigenvalue weighted by Crippen LogP contribution is -2.44. The number of carbonyl (C=O) groups is 1. The first-order chi connectivity index (χ1) is 10.2. The maximum absolute atomic E-state index is 11.6. The van der Waals surface area contributed by atoms with Crippen molar-refractivity contribution in [2.75, 3.05) is 20.2 Å². The highest BCUT2D eigenvalue weighted by Gasteiger charge is 2.28. The summed E-state index contributed by atoms with van der Waals surface area (Å²) in [5.74, 6) is 0.433. The van der Waals surface area contributed by atoms with Gasteiger partial charge in [0, 0.05) is 17.1 Å². The van der Waals surface area contributed by atoms with Crippen LogP contribution in [0.25, 0.3) is 10.9 Å². The molecule has 3 rings (SSSR count). The Morgan fingerprint density at radius 2 is 2.05 bits per heavy atom. The molecular formula is C17H22N2O2. The molecule has 1 aliphatic rings. The fraction of sp³-hybridized carbons (Fsp3) is 0.471. The number of aromatic nitrogens is 1. The van der Waals surface area contributed by atoms with E-state index in [2.05, 4.69) is 40.3 Å². The number of esters is 1. The fourth-order valence-electron chi connectivity index (χ4n) is 3.35. The number of ether oxygens (including phenoxy) is 1. The van der Waals surface area contributed by atoms with Gasteiger partial charge in [-0.1, -0.05) is 18.2 Å². The molecular weight excluding hydrogens is 264 g/mol. The van der Waals surface area contributed by atoms with Gasteiger partial charge in [-0.2, -0.15) is 0 Å². The summed E-state index contributed by atoms with van der Waals surface area (Å²) in [4.78, 5) is 17.2. The van der Waals surface area contributed by atoms with Crippen LogP contribution in [0.4, 0.5) is 0 Å². The predicted octanol–water partition coefficient (Wildman–Crippen LogP) is 2.91. The van der Waals surface area contributed by atoms with Gasteiger partial charge < -0.3 is 9.72 Å². The van der Waals surface area contributed by atoms with Crippen LogP contribution >= 0.6 is 0 Å². The number of nitrogens with one attached hydrogen (secondary N) is 1. The van der Waals surface area contributed by atoms with Crippen LogP contribution in [0.3, 0.4) is 0 Å². The van der Waals surface area contributed by atoms with Gasteiger partial charge in [0.1, 0.15) is 6.04 Å². The van der Waals surface area contributed by atoms with E-state index in [9.17, 15) is 4.79 Å². The summed E-state index contributed by atoms with van der Waals surface area (Å²) < 4.78 is 4.84. The summed E-state index contributed by atoms with van der Waals surface area (Å²) in [6.07, 6.45) is 4.32. The molecule has 0 spiro atoms. The van der Waals surface area contributed by atoms with Crippen molar-refractivity contribution in [1.82, 2.24) is 9.88 Å². The maximum atomic E-state index is 11.6. The van der Waals surface area contributed by atoms with Crippen LogP contribution in [0, 0.1) is 0 Å². The summed E-state index contributed by atoms with van der Waals surface area (Å²) in [5.41, 5.74) is 2.62. The van der Waals surface area contributed by atoms with E-state index in [1.807, 2.05) is 6.92 Å². The fourth-order valence-corrected chi connectivity index (χ4v) is 3.35. The molecule has 0 radical (unpaired) electrons. The third-order valence-electron chi connectivity index (χ3n) is 4.68. The molecule has 1 fully saturated rings. The Morgan fingerprint density at radius 1 is 1.33 bits per heavy atom. The molecule has 0 amide bonds. The highest BCUT2D eigenvalue weighted by molar-refractivity contribution is 5.83. The molecule has 112 valence electrons. The number of para-hydroxylation sites is 1. The lowest BCUT2D eigenvalue weighted by atomic mass is 9.88. The average Bonchev–Trinajstić information content (AvgIpc) is 2.97. The molecule has 1 atom stereocenters. The number of methoxy groups -OCH3 is 1. The molecule has 2 aromatic rings. The van der Waals surface area contributed by atoms with E-state index in [1.54, 1.807) is 0 Å². The molecule has 21 heavy (non-hydrogen) atoms. The first kappa shape index (κ1) is 14.1. The van der Waals surface area contributed by atoms with Gasteiger partial charge in [0.15, 0.2) is 0 Å². The van der Waals surface area contributed by atoms with Crippen molar-refractivity contribution < 1.29 is 9.53 Å². The normalized spacial score (nSPS) is 18.8. The number of benzene rings is 1. The summed E-state index contributed by atoms with van der Waals surface area (Å²) in [5, 5.41) is 1.33. The molecule has 1 aliphatic heterocycles. The Morgan fingerprint density at radius 3 is 2.76 bits per heavy atom. The Kier molecular flexibility index (Phi) is 3.97. The molecule has 0 aliphatic carbocycles. The molecule has 0 bridgehead atoms. The van der Waals surface area contributed by atoms with Crippen molar-refractivity contribution in [2.24, 2.45) is 0 Å². The van der Waals surface area contributed by atoms with Gasteiger partial charge in [-0.15, -0.1) is 0 Å². The van der Waals surface area contributed by atoms with E-state index in [0.717, 1.165) is 25.9 Å². The summed E-state index contributed by atoms with van der Waals surface area (Å²) in [6.45, 7) is 3.82. The SMILES string of the molecule is COC(=O)C(C)N1CCC(c2c[nH]c3ccccc23)CC1. The van der Waals surface area contributed by atoms with Crippen molar-refractivity contribution >= 4 is 16.9 Å². The minimum absolute atomic E-state index is 0.138. The zero-order valence-corrected chi connectivity index (χ0v) is 12.6. The van der Waals surface area contributed by atoms with Gasteiger partial charge in [-0.25, -0.2) is 0 Å². The number of hydrogen-bond acceptors (Lipinski definition) is 3. The third-order valence-corrected chi connectivity index (χ3v) is 4.68. The summed E-state index contributed by atoms with van der Waals surface area (Å²) in [6, 6.07) is 8.31. The molecule has 2 heterocycles. The zero-order valence-electron chi connectivity index (χ0n) is 12.6. The van der Waals surface area contributed by atoms with E-state index in [0.29, 0.717) is 5.92 Å². The quantitative estimate of drug-likeness (QED) is 0.882. The number of fused-ring (bicyclic) bond motifs is 1. The van der Waals surface area contributed by atoms with E-state index >= 15 is 0 Å². The maximum Gasteiger partial charge on any atom is 0.322 e. The molecule has 4 heteroatoms. The van der Waals surface area contributed by atoms with Crippen LogP contribution < -0.4 is 0 Å². The molecule has 1 unspecified atom stereocenters. The van der Waals surface area contributed by atoms with Crippen molar-refractivity contribution in [3.05, 3.63) is 36.0 Å². The van der Waals surface area contributed by atoms with Crippen LogP contribution in [0.15, 0.2) is 30.5 Å². The molecule has 1 aromatic carbocycles. The monoisotopic (exact) mass is 286 g/mol. The minimum atomic E-state index is -0.140. The van der Waals surface area contributed by atoms with E-state index in [1.165, 1.54) is 23.6 Å². The third kappa shape index (κ3) is 2.68. The van der Waals surface area contributed by atoms with Crippen molar-refractivity contribution in [2.45, 2.75) is 31.7 Å². The number of rotatable bonds is 3. The number of aromatic amines is 1. The number of piperidine rings is 1. The van der Waals surface area contributed by atoms with Crippen LogP contribution in [0.1, 0.15) is 31.2 Å². The van der Waals surface area contributed by atoms with Gasteiger partial charge >= 0.3 is 5.97 Å². The predicted molar refractivity (Wildman–Crippen MR) is 83.3 cm³/mol. The Balaban J connectivity index is 1.70. The molecule has 4 nitrogen and oxygen atoms in total. The Hall–Kier alpha value is -1.81. The zero-order chi connectivity index (χ0) is 14.8. The number of nitrogens with zero attached hydrogens (tertiary/aromatic N) is 1. The molecule has 1 saturated heterocycles. The first-order valence-corrected chi connectivity index (χ1v) is 7.58. The lowest BCUT2D eigenvalue weighted by Gasteiger charge is -2.34. The van der Waals surface area contributed by atoms with Crippen molar-refractivity contribution in [1.29, 1.82) is 0 Å². The van der Waals surface area contributed by atoms with Crippen molar-refractivity contribution in [3.63, 3.8) is 0 Å². The Bertz CT molecular complexity index is 627. The van der Waals surface area contributed by atoms with Crippen LogP contribution in [-0.4, -0.2) is 42.1 Å². The second-order valence-corrected chi connectivity index (χ2v) is 5.80. The number of likely N-dealkylation sites (tertiary alicyclic amines) is 1. The minimum Gasteiger partial charge on any atom is -0.468 e. The van der Waals surface area contributed by atoms with Gasteiger partial charge in [-0.05, 0) is 50.4 Å². The molecule has 1 N–H and O–H groups in total. The molecule has 0 saturated carbocycles. The standard InChI is InChI=1S/C17H22N2O2/c1-12(17(20)21-2)19-9-7-13(8-10-19)15-11-18-16-6-4-3-5-14(15)16/h3-6,11-13,18H,7-10H2,1-2H3. The number of carbonyl (C=O) groups excluding carboxylic acids is 1. The van der Waals surface area contributed by atoms with Crippen LogP contribution in [0.2, 0.25) is 0 Å². The van der Waals surface area contributed by atoms with Crippen LogP contribution in [-0.2, 0) is 9.53 Å². The van der Waals surface area contributed by atoms with Gasteiger partial charge in [0.25, 0.3) is 0 Å². The van der Waals surface area contributed by atoms with Gasteiger partial charge in [0.2, 0.25) is 0 Å². The van der Waals surface area contributed by atoms with Crippen LogP contribution in [0.5, 0.6) is 0 Å². The highest BCUT2D eigenvalue weighted by Crippen LogP contribution is 2.33. The highest BCUT2D eigenvalue weighted by atomic mass is 16.5. The van der Waals surface area contributed by atoms with Crippen molar-refractivity contribution in [3.8, 4) is 0 Å². The van der Waals surface area contributed by atoms with Gasteiger partial charge in [0.05, 0.1) is 7.11 Å². The number of hydrogen-bond donors (Lipinski definition) is 1. The second kappa shape index (κ2) is 5.90. The van der Waals surface area contributed by atoms with E-state index in [-0.39, 0.29) is 12.0 Å². The summed E-state index contributed by atoms with van der Waals surface area (Å²) >= 11 is 0. The first-order valence-electron chi connectivity index (χ1n) is 7.58. The van der Waals surface area contributed by atoms with E-state index in [4.69, 9.17) is 4.74 Å². The second-order valence-electron chi connectivity index (χ2n) is 5.80. The topological polar surface area (TPSA) is 45.3 Å². The average molecular weight is 286 g/mol. The smallest absolute Gasteiger partial charge is 0.322 e. The number of H-pyrrole nitrogens is 1. The lowest BCUT2D eigenvalue weighted by molar-refractivity contribution is -0.146. The summed E-state index contributed by atoms with van der Waals surface area (Å²) in [7, 11) is 1.46. The largest absolute Gasteiger partial charge is 0.468 e. The van der Waals surface area contributed by atoms with E-state index < -0.39 is 0 Å².